The van der Waals surface area contributed by atoms with E-state index in [4.69, 9.17) is 18.9 Å². The molecule has 0 aliphatic heterocycles. The molecule has 12 heteroatoms. The first-order valence-electron chi connectivity index (χ1n) is 13.3. The van der Waals surface area contributed by atoms with Gasteiger partial charge in [0.05, 0.1) is 32.1 Å². The number of hydrogen-bond acceptors (Lipinski definition) is 10. The molecular formula is C30H31N3O8S. The zero-order chi connectivity index (χ0) is 30.2. The van der Waals surface area contributed by atoms with Gasteiger partial charge in [-0.05, 0) is 75.4 Å². The highest BCUT2D eigenvalue weighted by atomic mass is 32.1. The molecule has 3 aromatic rings. The second kappa shape index (κ2) is 13.8. The third-order valence-corrected chi connectivity index (χ3v) is 7.73. The Morgan fingerprint density at radius 3 is 2.38 bits per heavy atom. The Morgan fingerprint density at radius 1 is 0.905 bits per heavy atom. The lowest BCUT2D eigenvalue weighted by atomic mass is 9.95. The smallest absolute Gasteiger partial charge is 0.347 e. The number of rotatable bonds is 9. The molecule has 0 saturated heterocycles. The Morgan fingerprint density at radius 2 is 1.64 bits per heavy atom. The van der Waals surface area contributed by atoms with Gasteiger partial charge in [0, 0.05) is 10.4 Å². The van der Waals surface area contributed by atoms with E-state index >= 15 is 0 Å². The number of amides is 2. The van der Waals surface area contributed by atoms with Crippen LogP contribution in [0.1, 0.15) is 63.4 Å². The van der Waals surface area contributed by atoms with Crippen LogP contribution in [0.3, 0.4) is 0 Å². The standard InChI is InChI=1S/C30H31N3O8S/c1-5-40-30(37)25-20-11-7-9-13-24(20)42-28(25)31-26(34)27(35)33-32-17(2)18-14-15-22(23(16-18)39-4)41-29(36)19-10-6-8-12-21(19)38-3/h6,8,10,12,14-16H,5,7,9,11,13H2,1-4H3,(H,31,34)(H,33,35). The topological polar surface area (TPSA) is 142 Å². The first kappa shape index (κ1) is 30.3. The Hall–Kier alpha value is -4.71. The molecule has 42 heavy (non-hydrogen) atoms. The summed E-state index contributed by atoms with van der Waals surface area (Å²) in [5.41, 5.74) is 4.58. The van der Waals surface area contributed by atoms with Crippen LogP contribution in [0.15, 0.2) is 47.6 Å². The fourth-order valence-corrected chi connectivity index (χ4v) is 5.70. The maximum absolute atomic E-state index is 12.7. The van der Waals surface area contributed by atoms with Gasteiger partial charge in [-0.2, -0.15) is 5.10 Å². The Bertz CT molecular complexity index is 1550. The number of ether oxygens (including phenoxy) is 4. The van der Waals surface area contributed by atoms with Crippen LogP contribution in [-0.4, -0.2) is 50.3 Å². The second-order valence-corrected chi connectivity index (χ2v) is 10.3. The number of fused-ring (bicyclic) bond motifs is 1. The van der Waals surface area contributed by atoms with Crippen molar-refractivity contribution in [2.45, 2.75) is 39.5 Å². The summed E-state index contributed by atoms with van der Waals surface area (Å²) in [5.74, 6) is -2.33. The molecule has 0 bridgehead atoms. The van der Waals surface area contributed by atoms with Crippen molar-refractivity contribution in [2.75, 3.05) is 26.1 Å². The van der Waals surface area contributed by atoms with E-state index in [0.717, 1.165) is 29.7 Å². The fraction of sp³-hybridized carbons (Fsp3) is 0.300. The third-order valence-electron chi connectivity index (χ3n) is 6.52. The predicted octanol–water partition coefficient (Wildman–Crippen LogP) is 4.52. The van der Waals surface area contributed by atoms with Crippen LogP contribution in [0.2, 0.25) is 0 Å². The summed E-state index contributed by atoms with van der Waals surface area (Å²) in [4.78, 5) is 51.6. The number of anilines is 1. The van der Waals surface area contributed by atoms with Crippen LogP contribution in [0.25, 0.3) is 0 Å². The molecule has 220 valence electrons. The van der Waals surface area contributed by atoms with E-state index in [2.05, 4.69) is 15.8 Å². The molecule has 11 nitrogen and oxygen atoms in total. The molecule has 2 amide bonds. The number of esters is 2. The number of hydrazone groups is 1. The van der Waals surface area contributed by atoms with Gasteiger partial charge in [-0.1, -0.05) is 12.1 Å². The highest BCUT2D eigenvalue weighted by molar-refractivity contribution is 7.17. The van der Waals surface area contributed by atoms with Crippen molar-refractivity contribution in [3.63, 3.8) is 0 Å². The first-order chi connectivity index (χ1) is 20.3. The largest absolute Gasteiger partial charge is 0.496 e. The average Bonchev–Trinajstić information content (AvgIpc) is 3.37. The molecule has 0 fully saturated rings. The lowest BCUT2D eigenvalue weighted by Crippen LogP contribution is -2.33. The second-order valence-electron chi connectivity index (χ2n) is 9.18. The number of nitrogens with one attached hydrogen (secondary N) is 2. The summed E-state index contributed by atoms with van der Waals surface area (Å²) in [6.45, 7) is 3.53. The van der Waals surface area contributed by atoms with Gasteiger partial charge in [0.2, 0.25) is 0 Å². The summed E-state index contributed by atoms with van der Waals surface area (Å²) in [5, 5.41) is 6.89. The van der Waals surface area contributed by atoms with E-state index in [0.29, 0.717) is 34.0 Å². The van der Waals surface area contributed by atoms with Crippen molar-refractivity contribution in [1.29, 1.82) is 0 Å². The number of methoxy groups -OCH3 is 2. The van der Waals surface area contributed by atoms with E-state index in [1.54, 1.807) is 50.2 Å². The van der Waals surface area contributed by atoms with Crippen molar-refractivity contribution in [1.82, 2.24) is 5.43 Å². The molecule has 1 heterocycles. The molecule has 1 aliphatic rings. The van der Waals surface area contributed by atoms with Crippen molar-refractivity contribution < 1.29 is 38.1 Å². The van der Waals surface area contributed by atoms with Crippen LogP contribution < -0.4 is 25.0 Å². The van der Waals surface area contributed by atoms with Gasteiger partial charge in [0.25, 0.3) is 0 Å². The van der Waals surface area contributed by atoms with Crippen LogP contribution in [0, 0.1) is 0 Å². The monoisotopic (exact) mass is 593 g/mol. The lowest BCUT2D eigenvalue weighted by Gasteiger charge is -2.12. The predicted molar refractivity (Wildman–Crippen MR) is 157 cm³/mol. The lowest BCUT2D eigenvalue weighted by molar-refractivity contribution is -0.136. The Labute approximate surface area is 246 Å². The SMILES string of the molecule is CCOC(=O)c1c(NC(=O)C(=O)NN=C(C)c2ccc(OC(=O)c3ccccc3OC)c(OC)c2)sc2c1CCCC2. The Kier molecular flexibility index (Phi) is 9.92. The van der Waals surface area contributed by atoms with Crippen molar-refractivity contribution in [2.24, 2.45) is 5.10 Å². The number of carbonyl (C=O) groups excluding carboxylic acids is 4. The van der Waals surface area contributed by atoms with Crippen LogP contribution >= 0.6 is 11.3 Å². The summed E-state index contributed by atoms with van der Waals surface area (Å²) in [6, 6.07) is 11.4. The number of aryl methyl sites for hydroxylation is 1. The summed E-state index contributed by atoms with van der Waals surface area (Å²) >= 11 is 1.29. The van der Waals surface area contributed by atoms with Gasteiger partial charge in [0.15, 0.2) is 11.5 Å². The molecule has 0 spiro atoms. The van der Waals surface area contributed by atoms with Crippen molar-refractivity contribution >= 4 is 45.8 Å². The molecule has 0 saturated carbocycles. The van der Waals surface area contributed by atoms with Crippen molar-refractivity contribution in [3.05, 3.63) is 69.6 Å². The maximum atomic E-state index is 12.7. The van der Waals surface area contributed by atoms with Gasteiger partial charge in [-0.3, -0.25) is 9.59 Å². The molecule has 2 aromatic carbocycles. The molecule has 0 unspecified atom stereocenters. The van der Waals surface area contributed by atoms with E-state index < -0.39 is 23.8 Å². The maximum Gasteiger partial charge on any atom is 0.347 e. The van der Waals surface area contributed by atoms with Crippen LogP contribution in [0.5, 0.6) is 17.2 Å². The fourth-order valence-electron chi connectivity index (χ4n) is 4.43. The highest BCUT2D eigenvalue weighted by Crippen LogP contribution is 2.38. The van der Waals surface area contributed by atoms with E-state index in [-0.39, 0.29) is 23.7 Å². The van der Waals surface area contributed by atoms with Crippen molar-refractivity contribution in [3.8, 4) is 17.2 Å². The Balaban J connectivity index is 1.44. The van der Waals surface area contributed by atoms with Crippen LogP contribution in [-0.2, 0) is 27.2 Å². The minimum atomic E-state index is -1.01. The minimum absolute atomic E-state index is 0.171. The normalized spacial score (nSPS) is 12.5. The summed E-state index contributed by atoms with van der Waals surface area (Å²) in [7, 11) is 2.88. The molecule has 4 rings (SSSR count). The first-order valence-corrected chi connectivity index (χ1v) is 14.1. The summed E-state index contributed by atoms with van der Waals surface area (Å²) < 4.78 is 21.3. The number of hydrogen-bond donors (Lipinski definition) is 2. The zero-order valence-corrected chi connectivity index (χ0v) is 24.5. The van der Waals surface area contributed by atoms with E-state index in [1.807, 2.05) is 0 Å². The zero-order valence-electron chi connectivity index (χ0n) is 23.7. The van der Waals surface area contributed by atoms with Crippen LogP contribution in [0.4, 0.5) is 5.00 Å². The average molecular weight is 594 g/mol. The number of nitrogens with zero attached hydrogens (tertiary/aromatic N) is 1. The molecule has 1 aliphatic carbocycles. The molecule has 2 N–H and O–H groups in total. The third kappa shape index (κ3) is 6.77. The van der Waals surface area contributed by atoms with Gasteiger partial charge in [-0.15, -0.1) is 11.3 Å². The number of carbonyl (C=O) groups is 4. The molecular weight excluding hydrogens is 562 g/mol. The molecule has 1 aromatic heterocycles. The molecule has 0 radical (unpaired) electrons. The van der Waals surface area contributed by atoms with E-state index in [1.165, 1.54) is 31.6 Å². The highest BCUT2D eigenvalue weighted by Gasteiger charge is 2.28. The number of benzene rings is 2. The number of para-hydroxylation sites is 1. The molecule has 0 atom stereocenters. The van der Waals surface area contributed by atoms with Gasteiger partial charge in [-0.25, -0.2) is 15.0 Å². The summed E-state index contributed by atoms with van der Waals surface area (Å²) in [6.07, 6.45) is 3.45. The minimum Gasteiger partial charge on any atom is -0.496 e. The quantitative estimate of drug-likeness (QED) is 0.121. The van der Waals surface area contributed by atoms with Gasteiger partial charge < -0.3 is 24.3 Å². The van der Waals surface area contributed by atoms with Gasteiger partial charge >= 0.3 is 23.8 Å². The van der Waals surface area contributed by atoms with Gasteiger partial charge in [0.1, 0.15) is 16.3 Å². The van der Waals surface area contributed by atoms with E-state index in [9.17, 15) is 19.2 Å². The number of thiophene rings is 1.